The summed E-state index contributed by atoms with van der Waals surface area (Å²) in [7, 11) is 2.17. The van der Waals surface area contributed by atoms with Gasteiger partial charge in [-0.3, -0.25) is 0 Å². The van der Waals surface area contributed by atoms with E-state index in [1.54, 1.807) is 0 Å². The van der Waals surface area contributed by atoms with Crippen molar-refractivity contribution in [3.63, 3.8) is 0 Å². The Kier molecular flexibility index (Phi) is 2.74. The minimum absolute atomic E-state index is 1.07. The molecule has 0 bridgehead atoms. The highest BCUT2D eigenvalue weighted by Crippen LogP contribution is 2.26. The number of anilines is 1. The first kappa shape index (κ1) is 9.27. The molecule has 3 heteroatoms. The van der Waals surface area contributed by atoms with E-state index in [-0.39, 0.29) is 0 Å². The normalized spacial score (nSPS) is 18.2. The molecule has 2 nitrogen and oxygen atoms in total. The van der Waals surface area contributed by atoms with Crippen LogP contribution in [0.1, 0.15) is 5.56 Å². The van der Waals surface area contributed by atoms with Crippen molar-refractivity contribution >= 4 is 28.6 Å². The number of para-hydroxylation sites is 1. The van der Waals surface area contributed by atoms with Crippen LogP contribution in [0.25, 0.3) is 0 Å². The molecule has 2 rings (SSSR count). The fourth-order valence-corrected chi connectivity index (χ4v) is 2.32. The molecule has 13 heavy (non-hydrogen) atoms. The molecule has 0 aliphatic carbocycles. The van der Waals surface area contributed by atoms with E-state index in [2.05, 4.69) is 62.2 Å². The van der Waals surface area contributed by atoms with Crippen LogP contribution in [0.3, 0.4) is 0 Å². The molecule has 1 aliphatic rings. The van der Waals surface area contributed by atoms with E-state index in [0.29, 0.717) is 0 Å². The molecule has 1 aromatic rings. The third-order valence-electron chi connectivity index (χ3n) is 2.37. The number of likely N-dealkylation sites (N-methyl/N-ethyl adjacent to an activating group) is 1. The van der Waals surface area contributed by atoms with Gasteiger partial charge in [0.05, 0.1) is 28.6 Å². The molecule has 0 amide bonds. The van der Waals surface area contributed by atoms with Crippen molar-refractivity contribution in [2.24, 2.45) is 0 Å². The number of halogens is 1. The van der Waals surface area contributed by atoms with Crippen molar-refractivity contribution < 1.29 is 0 Å². The summed E-state index contributed by atoms with van der Waals surface area (Å²) in [6.45, 7) is 3.31. The van der Waals surface area contributed by atoms with Gasteiger partial charge in [-0.2, -0.15) is 0 Å². The van der Waals surface area contributed by atoms with Gasteiger partial charge in [0.2, 0.25) is 0 Å². The van der Waals surface area contributed by atoms with Gasteiger partial charge in [-0.15, -0.1) is 0 Å². The largest absolute Gasteiger partial charge is 0.313 e. The van der Waals surface area contributed by atoms with E-state index < -0.39 is 0 Å². The SMILES string of the molecule is CN1CCN(I)c2ccccc2C1. The average molecular weight is 288 g/mol. The molecule has 0 saturated carbocycles. The molecular formula is C10H13IN2. The molecule has 0 saturated heterocycles. The van der Waals surface area contributed by atoms with Crippen LogP contribution in [0.5, 0.6) is 0 Å². The Hall–Kier alpha value is -0.290. The lowest BCUT2D eigenvalue weighted by Gasteiger charge is -2.15. The quantitative estimate of drug-likeness (QED) is 0.534. The summed E-state index contributed by atoms with van der Waals surface area (Å²) in [5.41, 5.74) is 2.80. The second-order valence-corrected chi connectivity index (χ2v) is 4.62. The number of hydrogen-bond donors (Lipinski definition) is 0. The standard InChI is InChI=1S/C10H13IN2/c1-12-6-7-13(11)10-5-3-2-4-9(10)8-12/h2-5H,6-8H2,1H3. The first-order valence-electron chi connectivity index (χ1n) is 4.47. The smallest absolute Gasteiger partial charge is 0.0591 e. The summed E-state index contributed by atoms with van der Waals surface area (Å²) >= 11 is 2.39. The highest BCUT2D eigenvalue weighted by molar-refractivity contribution is 14.1. The first-order chi connectivity index (χ1) is 6.27. The van der Waals surface area contributed by atoms with E-state index in [9.17, 15) is 0 Å². The van der Waals surface area contributed by atoms with Gasteiger partial charge in [-0.05, 0) is 18.7 Å². The highest BCUT2D eigenvalue weighted by Gasteiger charge is 2.14. The predicted octanol–water partition coefficient (Wildman–Crippen LogP) is 2.29. The van der Waals surface area contributed by atoms with Gasteiger partial charge in [-0.25, -0.2) is 0 Å². The van der Waals surface area contributed by atoms with Crippen molar-refractivity contribution in [2.45, 2.75) is 6.54 Å². The van der Waals surface area contributed by atoms with Gasteiger partial charge in [-0.1, -0.05) is 18.2 Å². The van der Waals surface area contributed by atoms with E-state index in [4.69, 9.17) is 0 Å². The van der Waals surface area contributed by atoms with Crippen LogP contribution in [0.2, 0.25) is 0 Å². The van der Waals surface area contributed by atoms with Gasteiger partial charge in [0.15, 0.2) is 0 Å². The second kappa shape index (κ2) is 3.84. The van der Waals surface area contributed by atoms with Crippen molar-refractivity contribution in [1.29, 1.82) is 0 Å². The van der Waals surface area contributed by atoms with Crippen LogP contribution in [0, 0.1) is 0 Å². The molecule has 1 aromatic carbocycles. The maximum atomic E-state index is 2.39. The monoisotopic (exact) mass is 288 g/mol. The molecule has 0 atom stereocenters. The molecule has 0 spiro atoms. The summed E-state index contributed by atoms with van der Waals surface area (Å²) < 4.78 is 2.30. The molecular weight excluding hydrogens is 275 g/mol. The Bertz CT molecular complexity index is 301. The minimum atomic E-state index is 1.07. The van der Waals surface area contributed by atoms with Crippen molar-refractivity contribution in [1.82, 2.24) is 4.90 Å². The molecule has 70 valence electrons. The maximum absolute atomic E-state index is 2.39. The fraction of sp³-hybridized carbons (Fsp3) is 0.400. The zero-order valence-electron chi connectivity index (χ0n) is 7.70. The maximum Gasteiger partial charge on any atom is 0.0591 e. The van der Waals surface area contributed by atoms with Crippen molar-refractivity contribution in [2.75, 3.05) is 23.3 Å². The van der Waals surface area contributed by atoms with Crippen LogP contribution < -0.4 is 3.11 Å². The molecule has 1 heterocycles. The summed E-state index contributed by atoms with van der Waals surface area (Å²) in [6.07, 6.45) is 0. The Balaban J connectivity index is 2.38. The van der Waals surface area contributed by atoms with E-state index in [1.165, 1.54) is 11.3 Å². The third kappa shape index (κ3) is 1.96. The van der Waals surface area contributed by atoms with Gasteiger partial charge in [0, 0.05) is 19.6 Å². The summed E-state index contributed by atoms with van der Waals surface area (Å²) in [5, 5.41) is 0. The first-order valence-corrected chi connectivity index (χ1v) is 5.43. The van der Waals surface area contributed by atoms with Crippen LogP contribution in [0.4, 0.5) is 5.69 Å². The second-order valence-electron chi connectivity index (χ2n) is 3.45. The molecule has 0 radical (unpaired) electrons. The van der Waals surface area contributed by atoms with Crippen LogP contribution in [0.15, 0.2) is 24.3 Å². The van der Waals surface area contributed by atoms with Crippen LogP contribution in [-0.4, -0.2) is 25.0 Å². The molecule has 1 aliphatic heterocycles. The van der Waals surface area contributed by atoms with Crippen LogP contribution >= 0.6 is 22.9 Å². The lowest BCUT2D eigenvalue weighted by Crippen LogP contribution is -2.23. The molecule has 0 aromatic heterocycles. The van der Waals surface area contributed by atoms with E-state index in [0.717, 1.165) is 19.6 Å². The minimum Gasteiger partial charge on any atom is -0.313 e. The summed E-state index contributed by atoms with van der Waals surface area (Å²) in [6, 6.07) is 8.63. The Morgan fingerprint density at radius 1 is 1.23 bits per heavy atom. The number of benzene rings is 1. The van der Waals surface area contributed by atoms with Gasteiger partial charge >= 0.3 is 0 Å². The number of rotatable bonds is 0. The van der Waals surface area contributed by atoms with Gasteiger partial charge in [0.1, 0.15) is 0 Å². The molecule has 0 N–H and O–H groups in total. The Morgan fingerprint density at radius 3 is 2.85 bits per heavy atom. The lowest BCUT2D eigenvalue weighted by molar-refractivity contribution is 0.345. The highest BCUT2D eigenvalue weighted by atomic mass is 127. The zero-order valence-corrected chi connectivity index (χ0v) is 9.86. The molecule has 0 unspecified atom stereocenters. The number of nitrogens with zero attached hydrogens (tertiary/aromatic N) is 2. The average Bonchev–Trinajstić information content (AvgIpc) is 2.27. The van der Waals surface area contributed by atoms with E-state index >= 15 is 0 Å². The van der Waals surface area contributed by atoms with E-state index in [1.807, 2.05) is 0 Å². The number of hydrogen-bond acceptors (Lipinski definition) is 2. The summed E-state index contributed by atoms with van der Waals surface area (Å²) in [5.74, 6) is 0. The van der Waals surface area contributed by atoms with Crippen molar-refractivity contribution in [3.05, 3.63) is 29.8 Å². The third-order valence-corrected chi connectivity index (χ3v) is 3.37. The van der Waals surface area contributed by atoms with Gasteiger partial charge < -0.3 is 8.01 Å². The fourth-order valence-electron chi connectivity index (χ4n) is 1.63. The zero-order chi connectivity index (χ0) is 9.26. The van der Waals surface area contributed by atoms with Crippen molar-refractivity contribution in [3.8, 4) is 0 Å². The number of fused-ring (bicyclic) bond motifs is 1. The lowest BCUT2D eigenvalue weighted by atomic mass is 10.2. The summed E-state index contributed by atoms with van der Waals surface area (Å²) in [4.78, 5) is 2.36. The topological polar surface area (TPSA) is 6.48 Å². The Morgan fingerprint density at radius 2 is 2.00 bits per heavy atom. The van der Waals surface area contributed by atoms with Gasteiger partial charge in [0.25, 0.3) is 0 Å². The predicted molar refractivity (Wildman–Crippen MR) is 64.1 cm³/mol. The van der Waals surface area contributed by atoms with Crippen LogP contribution in [-0.2, 0) is 6.54 Å². The molecule has 0 fully saturated rings. The Labute approximate surface area is 93.0 Å².